The van der Waals surface area contributed by atoms with Gasteiger partial charge in [0.15, 0.2) is 5.84 Å². The molecule has 0 unspecified atom stereocenters. The number of hydrogen-bond donors (Lipinski definition) is 3. The number of hydrogen-bond acceptors (Lipinski definition) is 4. The van der Waals surface area contributed by atoms with Gasteiger partial charge in [0.1, 0.15) is 11.5 Å². The van der Waals surface area contributed by atoms with Gasteiger partial charge >= 0.3 is 0 Å². The molecule has 0 aliphatic rings. The van der Waals surface area contributed by atoms with Crippen LogP contribution in [0.1, 0.15) is 16.8 Å². The Morgan fingerprint density at radius 3 is 2.65 bits per heavy atom. The molecule has 2 aromatic rings. The van der Waals surface area contributed by atoms with E-state index < -0.39 is 0 Å². The van der Waals surface area contributed by atoms with Crippen LogP contribution < -0.4 is 11.1 Å². The maximum Gasteiger partial charge on any atom is 0.189 e. The Kier molecular flexibility index (Phi) is 4.62. The number of nitrogens with two attached hydrogens (primary N) is 1. The van der Waals surface area contributed by atoms with E-state index in [0.717, 1.165) is 5.56 Å². The molecule has 0 radical (unpaired) electrons. The van der Waals surface area contributed by atoms with Crippen LogP contribution in [0.3, 0.4) is 0 Å². The van der Waals surface area contributed by atoms with Crippen LogP contribution in [0.2, 0.25) is 0 Å². The van der Waals surface area contributed by atoms with Gasteiger partial charge in [-0.15, -0.1) is 0 Å². The first-order valence-electron chi connectivity index (χ1n) is 6.08. The molecule has 0 saturated carbocycles. The van der Waals surface area contributed by atoms with E-state index in [2.05, 4.69) is 15.5 Å². The average Bonchev–Trinajstić information content (AvgIpc) is 2.49. The van der Waals surface area contributed by atoms with E-state index in [4.69, 9.17) is 10.9 Å². The van der Waals surface area contributed by atoms with Crippen molar-refractivity contribution in [2.24, 2.45) is 10.9 Å². The van der Waals surface area contributed by atoms with Crippen LogP contribution in [0.25, 0.3) is 0 Å². The summed E-state index contributed by atoms with van der Waals surface area (Å²) in [5, 5.41) is 14.8. The third kappa shape index (κ3) is 3.30. The summed E-state index contributed by atoms with van der Waals surface area (Å²) >= 11 is 0. The Morgan fingerprint density at radius 2 is 1.90 bits per heavy atom. The molecule has 1 heterocycles. The predicted octanol–water partition coefficient (Wildman–Crippen LogP) is 1.60. The first kappa shape index (κ1) is 14.0. The van der Waals surface area contributed by atoms with Gasteiger partial charge in [0.25, 0.3) is 0 Å². The van der Waals surface area contributed by atoms with E-state index >= 15 is 0 Å². The molecule has 0 aliphatic heterocycles. The summed E-state index contributed by atoms with van der Waals surface area (Å²) in [5.74, 6) is -0.295. The molecule has 0 atom stereocenters. The van der Waals surface area contributed by atoms with E-state index in [1.54, 1.807) is 30.5 Å². The Balaban J connectivity index is 2.03. The maximum atomic E-state index is 13.5. The fraction of sp³-hybridized carbons (Fsp3) is 0.143. The molecule has 6 heteroatoms. The molecule has 0 saturated heterocycles. The molecule has 1 aromatic heterocycles. The van der Waals surface area contributed by atoms with E-state index in [1.807, 2.05) is 6.07 Å². The van der Waals surface area contributed by atoms with Gasteiger partial charge in [0.05, 0.1) is 0 Å². The van der Waals surface area contributed by atoms with Crippen molar-refractivity contribution in [2.45, 2.75) is 13.1 Å². The number of rotatable bonds is 5. The zero-order valence-corrected chi connectivity index (χ0v) is 10.8. The molecular weight excluding hydrogens is 259 g/mol. The summed E-state index contributed by atoms with van der Waals surface area (Å²) in [6, 6.07) is 10.1. The van der Waals surface area contributed by atoms with E-state index in [0.29, 0.717) is 24.3 Å². The second-order valence-corrected chi connectivity index (χ2v) is 4.19. The van der Waals surface area contributed by atoms with Crippen LogP contribution in [0.5, 0.6) is 0 Å². The van der Waals surface area contributed by atoms with Gasteiger partial charge in [0.2, 0.25) is 0 Å². The third-order valence-electron chi connectivity index (χ3n) is 2.83. The number of benzene rings is 1. The lowest BCUT2D eigenvalue weighted by molar-refractivity contribution is 0.318. The van der Waals surface area contributed by atoms with Gasteiger partial charge in [-0.1, -0.05) is 29.4 Å². The Hall–Kier alpha value is -2.47. The SMILES string of the molecule is NC(=NO)c1ncccc1CNCc1ccccc1F. The Bertz CT molecular complexity index is 616. The minimum absolute atomic E-state index is 0.0479. The lowest BCUT2D eigenvalue weighted by atomic mass is 10.1. The van der Waals surface area contributed by atoms with Crippen molar-refractivity contribution in [3.8, 4) is 0 Å². The van der Waals surface area contributed by atoms with Crippen LogP contribution in [0.15, 0.2) is 47.8 Å². The van der Waals surface area contributed by atoms with Crippen LogP contribution in [0.4, 0.5) is 4.39 Å². The molecule has 0 aliphatic carbocycles. The third-order valence-corrected chi connectivity index (χ3v) is 2.83. The fourth-order valence-electron chi connectivity index (χ4n) is 1.83. The van der Waals surface area contributed by atoms with E-state index in [9.17, 15) is 4.39 Å². The van der Waals surface area contributed by atoms with Crippen molar-refractivity contribution in [3.63, 3.8) is 0 Å². The van der Waals surface area contributed by atoms with Gasteiger partial charge in [0, 0.05) is 24.8 Å². The number of aromatic nitrogens is 1. The summed E-state index contributed by atoms with van der Waals surface area (Å²) in [4.78, 5) is 4.06. The van der Waals surface area contributed by atoms with Crippen molar-refractivity contribution >= 4 is 5.84 Å². The van der Waals surface area contributed by atoms with Crippen LogP contribution >= 0.6 is 0 Å². The van der Waals surface area contributed by atoms with E-state index in [1.165, 1.54) is 6.07 Å². The van der Waals surface area contributed by atoms with Gasteiger partial charge in [-0.2, -0.15) is 0 Å². The van der Waals surface area contributed by atoms with Crippen molar-refractivity contribution in [3.05, 3.63) is 65.2 Å². The molecule has 4 N–H and O–H groups in total. The highest BCUT2D eigenvalue weighted by molar-refractivity contribution is 5.96. The second-order valence-electron chi connectivity index (χ2n) is 4.19. The summed E-state index contributed by atoms with van der Waals surface area (Å²) in [6.45, 7) is 0.824. The Labute approximate surface area is 116 Å². The first-order chi connectivity index (χ1) is 9.72. The van der Waals surface area contributed by atoms with Crippen molar-refractivity contribution < 1.29 is 9.60 Å². The van der Waals surface area contributed by atoms with E-state index in [-0.39, 0.29) is 11.7 Å². The van der Waals surface area contributed by atoms with Crippen molar-refractivity contribution in [2.75, 3.05) is 0 Å². The molecule has 1 aromatic carbocycles. The highest BCUT2D eigenvalue weighted by atomic mass is 19.1. The molecule has 0 amide bonds. The lowest BCUT2D eigenvalue weighted by Crippen LogP contribution is -2.21. The number of halogens is 1. The maximum absolute atomic E-state index is 13.5. The number of amidine groups is 1. The zero-order valence-electron chi connectivity index (χ0n) is 10.8. The highest BCUT2D eigenvalue weighted by Gasteiger charge is 2.08. The van der Waals surface area contributed by atoms with Crippen LogP contribution in [0, 0.1) is 5.82 Å². The summed E-state index contributed by atoms with van der Waals surface area (Å²) in [7, 11) is 0. The first-order valence-corrected chi connectivity index (χ1v) is 6.08. The molecule has 0 fully saturated rings. The highest BCUT2D eigenvalue weighted by Crippen LogP contribution is 2.08. The zero-order chi connectivity index (χ0) is 14.4. The molecule has 20 heavy (non-hydrogen) atoms. The van der Waals surface area contributed by atoms with Crippen LogP contribution in [-0.4, -0.2) is 16.0 Å². The summed E-state index contributed by atoms with van der Waals surface area (Å²) < 4.78 is 13.5. The number of pyridine rings is 1. The normalized spacial score (nSPS) is 11.6. The standard InChI is InChI=1S/C14H15FN4O/c15-12-6-2-1-4-10(12)8-17-9-11-5-3-7-18-13(11)14(16)19-20/h1-7,17,20H,8-9H2,(H2,16,19). The van der Waals surface area contributed by atoms with Crippen molar-refractivity contribution in [1.82, 2.24) is 10.3 Å². The van der Waals surface area contributed by atoms with Crippen molar-refractivity contribution in [1.29, 1.82) is 0 Å². The minimum Gasteiger partial charge on any atom is -0.409 e. The molecule has 104 valence electrons. The quantitative estimate of drug-likeness (QED) is 0.335. The molecule has 5 nitrogen and oxygen atoms in total. The topological polar surface area (TPSA) is 83.5 Å². The predicted molar refractivity (Wildman–Crippen MR) is 73.7 cm³/mol. The van der Waals surface area contributed by atoms with Gasteiger partial charge in [-0.05, 0) is 17.7 Å². The molecule has 0 spiro atoms. The fourth-order valence-corrected chi connectivity index (χ4v) is 1.83. The Morgan fingerprint density at radius 1 is 1.20 bits per heavy atom. The van der Waals surface area contributed by atoms with Crippen LogP contribution in [-0.2, 0) is 13.1 Å². The van der Waals surface area contributed by atoms with Gasteiger partial charge < -0.3 is 16.3 Å². The number of nitrogens with zero attached hydrogens (tertiary/aromatic N) is 2. The summed E-state index contributed by atoms with van der Waals surface area (Å²) in [5.41, 5.74) is 7.33. The largest absolute Gasteiger partial charge is 0.409 e. The number of oxime groups is 1. The lowest BCUT2D eigenvalue weighted by Gasteiger charge is -2.09. The molecule has 0 bridgehead atoms. The average molecular weight is 274 g/mol. The molecule has 2 rings (SSSR count). The van der Waals surface area contributed by atoms with Gasteiger partial charge in [-0.25, -0.2) is 4.39 Å². The summed E-state index contributed by atoms with van der Waals surface area (Å²) in [6.07, 6.45) is 1.56. The smallest absolute Gasteiger partial charge is 0.189 e. The number of nitrogens with one attached hydrogen (secondary N) is 1. The monoisotopic (exact) mass is 274 g/mol. The van der Waals surface area contributed by atoms with Gasteiger partial charge in [-0.3, -0.25) is 4.98 Å². The minimum atomic E-state index is -0.247. The molecular formula is C14H15FN4O. The second kappa shape index (κ2) is 6.63.